The highest BCUT2D eigenvalue weighted by Gasteiger charge is 2.26. The number of allylic oxidation sites excluding steroid dienone is 2. The molecule has 0 aromatic heterocycles. The molecule has 2 aliphatic carbocycles. The van der Waals surface area contributed by atoms with Gasteiger partial charge in [0.15, 0.2) is 11.6 Å². The largest absolute Gasteiger partial charge is 0.491 e. The van der Waals surface area contributed by atoms with Gasteiger partial charge in [0.1, 0.15) is 0 Å². The maximum absolute atomic E-state index is 14.6. The molecule has 0 bridgehead atoms. The van der Waals surface area contributed by atoms with Crippen molar-refractivity contribution < 1.29 is 18.3 Å². The van der Waals surface area contributed by atoms with Gasteiger partial charge in [0.2, 0.25) is 5.82 Å². The summed E-state index contributed by atoms with van der Waals surface area (Å²) in [5.41, 5.74) is 2.26. The van der Waals surface area contributed by atoms with E-state index in [4.69, 9.17) is 9.47 Å². The molecule has 0 unspecified atom stereocenters. The van der Waals surface area contributed by atoms with Crippen molar-refractivity contribution in [2.45, 2.75) is 90.1 Å². The zero-order valence-corrected chi connectivity index (χ0v) is 22.0. The molecular formula is C32H42F2O2. The monoisotopic (exact) mass is 496 g/mol. The van der Waals surface area contributed by atoms with Gasteiger partial charge in [-0.3, -0.25) is 0 Å². The predicted molar refractivity (Wildman–Crippen MR) is 143 cm³/mol. The minimum absolute atomic E-state index is 0.0381. The van der Waals surface area contributed by atoms with E-state index in [0.29, 0.717) is 30.1 Å². The minimum Gasteiger partial charge on any atom is -0.491 e. The van der Waals surface area contributed by atoms with Crippen molar-refractivity contribution >= 4 is 0 Å². The fourth-order valence-electron chi connectivity index (χ4n) is 5.98. The van der Waals surface area contributed by atoms with Crippen LogP contribution in [0.2, 0.25) is 0 Å². The summed E-state index contributed by atoms with van der Waals surface area (Å²) in [6, 6.07) is 11.1. The van der Waals surface area contributed by atoms with Crippen molar-refractivity contribution in [2.75, 3.05) is 13.2 Å². The Bertz CT molecular complexity index is 968. The zero-order valence-electron chi connectivity index (χ0n) is 22.0. The van der Waals surface area contributed by atoms with Gasteiger partial charge in [-0.1, -0.05) is 36.4 Å². The molecule has 0 N–H and O–H groups in total. The van der Waals surface area contributed by atoms with Crippen LogP contribution in [0.25, 0.3) is 11.1 Å². The maximum atomic E-state index is 14.6. The molecule has 36 heavy (non-hydrogen) atoms. The summed E-state index contributed by atoms with van der Waals surface area (Å²) < 4.78 is 40.4. The second-order valence-electron chi connectivity index (χ2n) is 10.6. The Hall–Kier alpha value is -2.20. The van der Waals surface area contributed by atoms with E-state index in [0.717, 1.165) is 25.4 Å². The van der Waals surface area contributed by atoms with Crippen LogP contribution in [-0.4, -0.2) is 19.3 Å². The van der Waals surface area contributed by atoms with Gasteiger partial charge >= 0.3 is 0 Å². The third kappa shape index (κ3) is 6.97. The first-order valence-corrected chi connectivity index (χ1v) is 14.0. The van der Waals surface area contributed by atoms with Crippen LogP contribution in [-0.2, 0) is 4.74 Å². The Labute approximate surface area is 216 Å². The molecule has 2 aromatic rings. The Morgan fingerprint density at radius 3 is 2.19 bits per heavy atom. The van der Waals surface area contributed by atoms with Crippen LogP contribution in [0, 0.1) is 23.5 Å². The second-order valence-corrected chi connectivity index (χ2v) is 10.6. The number of hydrogen-bond acceptors (Lipinski definition) is 2. The van der Waals surface area contributed by atoms with Gasteiger partial charge in [0.25, 0.3) is 0 Å². The summed E-state index contributed by atoms with van der Waals surface area (Å²) in [5, 5.41) is 0. The normalized spacial score (nSPS) is 24.8. The lowest BCUT2D eigenvalue weighted by atomic mass is 9.78. The average Bonchev–Trinajstić information content (AvgIpc) is 2.92. The molecule has 0 saturated heterocycles. The highest BCUT2D eigenvalue weighted by atomic mass is 19.2. The molecule has 2 aliphatic rings. The molecule has 196 valence electrons. The van der Waals surface area contributed by atoms with Crippen LogP contribution < -0.4 is 4.74 Å². The standard InChI is InChI=1S/C32H42F2O2/c1-3-5-6-7-23-10-18-28(19-11-23)36-22-24-8-12-25(13-9-24)26-14-16-27(17-15-26)29-20-21-30(35-4-2)32(34)31(29)33/h3,5,14-17,20-21,23-25,28H,4,6-13,18-19,22H2,1-2H3/b5-3+. The zero-order chi connectivity index (χ0) is 25.3. The van der Waals surface area contributed by atoms with Crippen molar-refractivity contribution in [3.8, 4) is 16.9 Å². The molecule has 0 atom stereocenters. The minimum atomic E-state index is -0.920. The van der Waals surface area contributed by atoms with Gasteiger partial charge in [0.05, 0.1) is 12.7 Å². The molecule has 2 saturated carbocycles. The average molecular weight is 497 g/mol. The molecule has 0 amide bonds. The molecule has 0 radical (unpaired) electrons. The first kappa shape index (κ1) is 26.9. The second kappa shape index (κ2) is 13.4. The highest BCUT2D eigenvalue weighted by Crippen LogP contribution is 2.38. The summed E-state index contributed by atoms with van der Waals surface area (Å²) in [5.74, 6) is 0.267. The Balaban J connectivity index is 1.22. The van der Waals surface area contributed by atoms with Crippen molar-refractivity contribution in [3.63, 3.8) is 0 Å². The number of ether oxygens (including phenoxy) is 2. The van der Waals surface area contributed by atoms with E-state index in [1.54, 1.807) is 13.0 Å². The smallest absolute Gasteiger partial charge is 0.201 e. The molecule has 0 heterocycles. The lowest BCUT2D eigenvalue weighted by Crippen LogP contribution is -2.25. The van der Waals surface area contributed by atoms with Crippen LogP contribution in [0.3, 0.4) is 0 Å². The summed E-state index contributed by atoms with van der Waals surface area (Å²) in [6.45, 7) is 5.06. The number of halogens is 2. The molecule has 4 rings (SSSR count). The van der Waals surface area contributed by atoms with Crippen molar-refractivity contribution in [1.82, 2.24) is 0 Å². The lowest BCUT2D eigenvalue weighted by molar-refractivity contribution is -0.00824. The van der Waals surface area contributed by atoms with Crippen LogP contribution in [0.4, 0.5) is 8.78 Å². The Kier molecular flexibility index (Phi) is 9.98. The quantitative estimate of drug-likeness (QED) is 0.305. The van der Waals surface area contributed by atoms with Gasteiger partial charge in [-0.2, -0.15) is 4.39 Å². The van der Waals surface area contributed by atoms with Gasteiger partial charge in [-0.25, -0.2) is 4.39 Å². The predicted octanol–water partition coefficient (Wildman–Crippen LogP) is 9.24. The first-order chi connectivity index (χ1) is 17.6. The topological polar surface area (TPSA) is 18.5 Å². The Morgan fingerprint density at radius 1 is 0.833 bits per heavy atom. The SMILES string of the molecule is C/C=C/CCC1CCC(OCC2CCC(c3ccc(-c4ccc(OCC)c(F)c4F)cc3)CC2)CC1. The van der Waals surface area contributed by atoms with E-state index in [-0.39, 0.29) is 11.3 Å². The van der Waals surface area contributed by atoms with Crippen molar-refractivity contribution in [2.24, 2.45) is 11.8 Å². The van der Waals surface area contributed by atoms with Crippen LogP contribution in [0.15, 0.2) is 48.6 Å². The number of rotatable bonds is 10. The van der Waals surface area contributed by atoms with Crippen molar-refractivity contribution in [3.05, 3.63) is 65.7 Å². The van der Waals surface area contributed by atoms with Gasteiger partial charge in [-0.15, -0.1) is 0 Å². The fraction of sp³-hybridized carbons (Fsp3) is 0.562. The highest BCUT2D eigenvalue weighted by molar-refractivity contribution is 5.65. The van der Waals surface area contributed by atoms with E-state index >= 15 is 0 Å². The summed E-state index contributed by atoms with van der Waals surface area (Å²) in [6.07, 6.45) is 17.3. The van der Waals surface area contributed by atoms with Crippen molar-refractivity contribution in [1.29, 1.82) is 0 Å². The molecule has 4 heteroatoms. The van der Waals surface area contributed by atoms with Gasteiger partial charge in [0, 0.05) is 12.2 Å². The third-order valence-electron chi connectivity index (χ3n) is 8.23. The van der Waals surface area contributed by atoms with E-state index < -0.39 is 11.6 Å². The number of benzene rings is 2. The van der Waals surface area contributed by atoms with Crippen LogP contribution in [0.1, 0.15) is 89.5 Å². The molecule has 2 nitrogen and oxygen atoms in total. The van der Waals surface area contributed by atoms with E-state index in [1.807, 2.05) is 12.1 Å². The molecule has 2 aromatic carbocycles. The molecular weight excluding hydrogens is 454 g/mol. The first-order valence-electron chi connectivity index (χ1n) is 14.0. The number of hydrogen-bond donors (Lipinski definition) is 0. The van der Waals surface area contributed by atoms with Gasteiger partial charge < -0.3 is 9.47 Å². The summed E-state index contributed by atoms with van der Waals surface area (Å²) in [4.78, 5) is 0. The summed E-state index contributed by atoms with van der Waals surface area (Å²) in [7, 11) is 0. The summed E-state index contributed by atoms with van der Waals surface area (Å²) >= 11 is 0. The fourth-order valence-corrected chi connectivity index (χ4v) is 5.98. The molecule has 0 spiro atoms. The lowest BCUT2D eigenvalue weighted by Gasteiger charge is -2.32. The Morgan fingerprint density at radius 2 is 1.53 bits per heavy atom. The van der Waals surface area contributed by atoms with E-state index in [9.17, 15) is 8.78 Å². The molecule has 0 aliphatic heterocycles. The van der Waals surface area contributed by atoms with Crippen LogP contribution in [0.5, 0.6) is 5.75 Å². The van der Waals surface area contributed by atoms with E-state index in [1.165, 1.54) is 63.0 Å². The van der Waals surface area contributed by atoms with Gasteiger partial charge in [-0.05, 0) is 119 Å². The molecule has 2 fully saturated rings. The third-order valence-corrected chi connectivity index (χ3v) is 8.23. The maximum Gasteiger partial charge on any atom is 0.201 e. The van der Waals surface area contributed by atoms with E-state index in [2.05, 4.69) is 31.2 Å². The van der Waals surface area contributed by atoms with Crippen LogP contribution >= 0.6 is 0 Å².